The zero-order chi connectivity index (χ0) is 21.7. The van der Waals surface area contributed by atoms with Crippen LogP contribution in [0.25, 0.3) is 11.1 Å². The van der Waals surface area contributed by atoms with E-state index in [1.807, 2.05) is 0 Å². The van der Waals surface area contributed by atoms with Crippen molar-refractivity contribution in [3.05, 3.63) is 51.2 Å². The van der Waals surface area contributed by atoms with E-state index in [2.05, 4.69) is 37.9 Å². The zero-order valence-electron chi connectivity index (χ0n) is 12.9. The van der Waals surface area contributed by atoms with Gasteiger partial charge >= 0.3 is 17.4 Å². The number of hydrogen-bond donors (Lipinski definition) is 0. The number of hydrogen-bond acceptors (Lipinski definition) is 2. The van der Waals surface area contributed by atoms with Gasteiger partial charge in [-0.3, -0.25) is 0 Å². The molecule has 0 aliphatic carbocycles. The molecule has 0 fully saturated rings. The Labute approximate surface area is 169 Å². The van der Waals surface area contributed by atoms with Gasteiger partial charge in [-0.1, -0.05) is 34.1 Å². The molecule has 0 saturated heterocycles. The highest BCUT2D eigenvalue weighted by Gasteiger charge is 2.78. The van der Waals surface area contributed by atoms with Gasteiger partial charge in [0.1, 0.15) is 5.82 Å². The molecule has 153 valence electrons. The average molecular weight is 561 g/mol. The molecule has 0 N–H and O–H groups in total. The molecule has 0 heterocycles. The molecule has 2 rings (SSSR count). The van der Waals surface area contributed by atoms with Gasteiger partial charge in [-0.2, -0.15) is 30.7 Å². The summed E-state index contributed by atoms with van der Waals surface area (Å²) in [7, 11) is -6.67. The minimum Gasteiger partial charge on any atom is -0.217 e. The molecule has 0 atom stereocenters. The number of rotatable bonds is 4. The van der Waals surface area contributed by atoms with E-state index in [4.69, 9.17) is 0 Å². The van der Waals surface area contributed by atoms with Gasteiger partial charge in [-0.05, 0) is 28.1 Å². The van der Waals surface area contributed by atoms with Crippen LogP contribution in [-0.4, -0.2) is 25.8 Å². The van der Waals surface area contributed by atoms with Crippen LogP contribution in [0.5, 0.6) is 0 Å². The Morgan fingerprint density at radius 3 is 1.96 bits per heavy atom. The molecule has 0 bridgehead atoms. The Balaban J connectivity index is 2.90. The Bertz CT molecular complexity index is 1020. The summed E-state index contributed by atoms with van der Waals surface area (Å²) in [5, 5.41) is -6.58. The van der Waals surface area contributed by atoms with Crippen molar-refractivity contribution in [2.75, 3.05) is 0 Å². The normalized spacial score (nSPS) is 13.6. The van der Waals surface area contributed by atoms with Gasteiger partial charge in [0.2, 0.25) is 0 Å². The largest absolute Gasteiger partial charge is 0.461 e. The molecule has 0 spiro atoms. The van der Waals surface area contributed by atoms with Gasteiger partial charge in [0.25, 0.3) is 9.84 Å². The minimum absolute atomic E-state index is 0.336. The molecule has 28 heavy (non-hydrogen) atoms. The highest BCUT2D eigenvalue weighted by Crippen LogP contribution is 2.52. The first-order valence-electron chi connectivity index (χ1n) is 6.79. The summed E-state index contributed by atoms with van der Waals surface area (Å²) in [4.78, 5) is -1.65. The molecule has 0 amide bonds. The van der Waals surface area contributed by atoms with E-state index in [0.29, 0.717) is 6.07 Å². The fourth-order valence-electron chi connectivity index (χ4n) is 2.10. The Morgan fingerprint density at radius 2 is 1.46 bits per heavy atom. The zero-order valence-corrected chi connectivity index (χ0v) is 16.9. The summed E-state index contributed by atoms with van der Waals surface area (Å²) < 4.78 is 130. The average Bonchev–Trinajstić information content (AvgIpc) is 2.53. The molecule has 2 aromatic carbocycles. The Kier molecular flexibility index (Phi) is 5.97. The van der Waals surface area contributed by atoms with E-state index in [-0.39, 0.29) is 4.47 Å². The number of halogens is 10. The smallest absolute Gasteiger partial charge is 0.217 e. The fourth-order valence-corrected chi connectivity index (χ4v) is 5.20. The molecule has 2 nitrogen and oxygen atoms in total. The lowest BCUT2D eigenvalue weighted by molar-refractivity contribution is -0.332. The Morgan fingerprint density at radius 1 is 0.929 bits per heavy atom. The van der Waals surface area contributed by atoms with Gasteiger partial charge in [0.05, 0.1) is 4.90 Å². The molecule has 0 unspecified atom stereocenters. The van der Waals surface area contributed by atoms with E-state index < -0.39 is 53.5 Å². The highest BCUT2D eigenvalue weighted by atomic mass is 79.9. The van der Waals surface area contributed by atoms with Crippen LogP contribution in [0.1, 0.15) is 0 Å². The third-order valence-corrected chi connectivity index (χ3v) is 6.30. The third-order valence-electron chi connectivity index (χ3n) is 3.44. The van der Waals surface area contributed by atoms with Crippen LogP contribution in [0.2, 0.25) is 0 Å². The van der Waals surface area contributed by atoms with Gasteiger partial charge in [-0.15, -0.1) is 0 Å². The maximum absolute atomic E-state index is 14.1. The van der Waals surface area contributed by atoms with E-state index in [1.54, 1.807) is 0 Å². The van der Waals surface area contributed by atoms with Gasteiger partial charge in [0.15, 0.2) is 0 Å². The molecule has 0 aromatic heterocycles. The van der Waals surface area contributed by atoms with Crippen LogP contribution in [-0.2, 0) is 9.84 Å². The predicted molar refractivity (Wildman–Crippen MR) is 89.2 cm³/mol. The van der Waals surface area contributed by atoms with E-state index >= 15 is 0 Å². The lowest BCUT2D eigenvalue weighted by atomic mass is 10.1. The quantitative estimate of drug-likeness (QED) is 0.407. The van der Waals surface area contributed by atoms with Gasteiger partial charge < -0.3 is 0 Å². The summed E-state index contributed by atoms with van der Waals surface area (Å²) in [6.07, 6.45) is -6.86. The summed E-state index contributed by atoms with van der Waals surface area (Å²) in [5.41, 5.74) is -1.53. The van der Waals surface area contributed by atoms with E-state index in [9.17, 15) is 43.5 Å². The first-order chi connectivity index (χ1) is 12.6. The molecule has 1 radical (unpaired) electrons. The standard InChI is InChI=1S/C15H5Br2F8O2S/c16-7-5-9(17)12(8-3-1-2-4-10(8)18)11(6-7)28(26,27)15(24,25)13(19,20)14(21,22)23/h1-4,6H. The van der Waals surface area contributed by atoms with Crippen molar-refractivity contribution in [1.82, 2.24) is 0 Å². The molecule has 0 aliphatic heterocycles. The van der Waals surface area contributed by atoms with Crippen molar-refractivity contribution in [2.24, 2.45) is 0 Å². The summed E-state index contributed by atoms with van der Waals surface area (Å²) in [6, 6.07) is 6.75. The second kappa shape index (κ2) is 7.24. The molecule has 2 aromatic rings. The van der Waals surface area contributed by atoms with Crippen molar-refractivity contribution < 1.29 is 43.5 Å². The summed E-state index contributed by atoms with van der Waals surface area (Å²) >= 11 is 5.44. The van der Waals surface area contributed by atoms with Crippen LogP contribution in [0.4, 0.5) is 35.1 Å². The SMILES string of the molecule is O=S(=O)(c1cc(Br)[c]c(Br)c1-c1ccccc1F)C(F)(F)C(F)(F)C(F)(F)F. The van der Waals surface area contributed by atoms with Crippen LogP contribution >= 0.6 is 31.9 Å². The Hall–Kier alpha value is -1.21. The molecular formula is C15H5Br2F8O2S. The second-order valence-electron chi connectivity index (χ2n) is 5.24. The van der Waals surface area contributed by atoms with E-state index in [0.717, 1.165) is 18.2 Å². The van der Waals surface area contributed by atoms with Crippen molar-refractivity contribution in [3.8, 4) is 11.1 Å². The monoisotopic (exact) mass is 559 g/mol. The second-order valence-corrected chi connectivity index (χ2v) is 8.85. The van der Waals surface area contributed by atoms with Crippen molar-refractivity contribution >= 4 is 41.7 Å². The van der Waals surface area contributed by atoms with Crippen LogP contribution in [0.15, 0.2) is 44.2 Å². The maximum Gasteiger partial charge on any atom is 0.461 e. The van der Waals surface area contributed by atoms with Crippen LogP contribution in [0, 0.1) is 11.9 Å². The van der Waals surface area contributed by atoms with Crippen LogP contribution < -0.4 is 0 Å². The number of benzene rings is 2. The first kappa shape index (κ1) is 23.1. The van der Waals surface area contributed by atoms with Gasteiger partial charge in [-0.25, -0.2) is 12.8 Å². The fraction of sp³-hybridized carbons (Fsp3) is 0.200. The number of sulfone groups is 1. The van der Waals surface area contributed by atoms with Crippen molar-refractivity contribution in [2.45, 2.75) is 22.2 Å². The minimum atomic E-state index is -6.91. The third kappa shape index (κ3) is 3.56. The molecule has 13 heteroatoms. The predicted octanol–water partition coefficient (Wildman–Crippen LogP) is 6.38. The molecular weight excluding hydrogens is 556 g/mol. The van der Waals surface area contributed by atoms with Gasteiger partial charge in [0, 0.05) is 26.1 Å². The molecule has 0 aliphatic rings. The first-order valence-corrected chi connectivity index (χ1v) is 9.86. The maximum atomic E-state index is 14.1. The van der Waals surface area contributed by atoms with E-state index in [1.165, 1.54) is 6.07 Å². The van der Waals surface area contributed by atoms with Crippen LogP contribution in [0.3, 0.4) is 0 Å². The molecule has 0 saturated carbocycles. The number of alkyl halides is 7. The summed E-state index contributed by atoms with van der Waals surface area (Å²) in [5.74, 6) is -8.05. The summed E-state index contributed by atoms with van der Waals surface area (Å²) in [6.45, 7) is 0. The topological polar surface area (TPSA) is 34.1 Å². The lowest BCUT2D eigenvalue weighted by Crippen LogP contribution is -2.56. The lowest BCUT2D eigenvalue weighted by Gasteiger charge is -2.28. The highest BCUT2D eigenvalue weighted by molar-refractivity contribution is 9.11. The van der Waals surface area contributed by atoms with Crippen molar-refractivity contribution in [1.29, 1.82) is 0 Å². The van der Waals surface area contributed by atoms with Crippen molar-refractivity contribution in [3.63, 3.8) is 0 Å².